The van der Waals surface area contributed by atoms with Crippen LogP contribution in [-0.4, -0.2) is 28.3 Å². The maximum atomic E-state index is 12.7. The topological polar surface area (TPSA) is 83.8 Å². The van der Waals surface area contributed by atoms with Crippen molar-refractivity contribution >= 4 is 24.1 Å². The summed E-state index contributed by atoms with van der Waals surface area (Å²) in [5.74, 6) is -1.57. The molecule has 5 nitrogen and oxygen atoms in total. The van der Waals surface area contributed by atoms with Gasteiger partial charge in [0.15, 0.2) is 5.60 Å². The molecule has 30 heavy (non-hydrogen) atoms. The lowest BCUT2D eigenvalue weighted by Gasteiger charge is -2.41. The number of carboxylic acids is 1. The van der Waals surface area contributed by atoms with E-state index in [4.69, 9.17) is 9.84 Å². The number of ether oxygens (including phenoxy) is 1. The first-order valence-electron chi connectivity index (χ1n) is 10.1. The number of rotatable bonds is 5. The molecule has 0 radical (unpaired) electrons. The van der Waals surface area contributed by atoms with E-state index in [0.29, 0.717) is 18.4 Å². The summed E-state index contributed by atoms with van der Waals surface area (Å²) in [4.78, 5) is 23.7. The van der Waals surface area contributed by atoms with Gasteiger partial charge in [0.1, 0.15) is 0 Å². The third-order valence-corrected chi connectivity index (χ3v) is 5.64. The lowest BCUT2D eigenvalue weighted by molar-refractivity contribution is -0.173. The third kappa shape index (κ3) is 4.31. The van der Waals surface area contributed by atoms with Crippen molar-refractivity contribution < 1.29 is 24.5 Å². The molecular formula is C25H28O5. The van der Waals surface area contributed by atoms with Crippen LogP contribution in [0.3, 0.4) is 0 Å². The molecule has 0 fully saturated rings. The zero-order valence-corrected chi connectivity index (χ0v) is 17.8. The first kappa shape index (κ1) is 21.8. The van der Waals surface area contributed by atoms with Crippen molar-refractivity contribution in [1.82, 2.24) is 0 Å². The van der Waals surface area contributed by atoms with Crippen molar-refractivity contribution in [3.05, 3.63) is 70.3 Å². The molecular weight excluding hydrogens is 380 g/mol. The molecule has 0 amide bonds. The Labute approximate surface area is 177 Å². The van der Waals surface area contributed by atoms with E-state index in [-0.39, 0.29) is 17.1 Å². The highest BCUT2D eigenvalue weighted by molar-refractivity contribution is 5.88. The van der Waals surface area contributed by atoms with Crippen molar-refractivity contribution in [3.63, 3.8) is 0 Å². The van der Waals surface area contributed by atoms with Gasteiger partial charge in [-0.3, -0.25) is 0 Å². The van der Waals surface area contributed by atoms with Crippen LogP contribution in [0.2, 0.25) is 0 Å². The summed E-state index contributed by atoms with van der Waals surface area (Å²) in [7, 11) is 0. The van der Waals surface area contributed by atoms with Crippen molar-refractivity contribution in [1.29, 1.82) is 0 Å². The predicted octanol–water partition coefficient (Wildman–Crippen LogP) is 4.77. The highest BCUT2D eigenvalue weighted by Gasteiger charge is 2.48. The van der Waals surface area contributed by atoms with Gasteiger partial charge >= 0.3 is 11.9 Å². The van der Waals surface area contributed by atoms with Gasteiger partial charge < -0.3 is 14.9 Å². The minimum atomic E-state index is -1.66. The molecule has 0 aromatic heterocycles. The maximum absolute atomic E-state index is 12.7. The van der Waals surface area contributed by atoms with Crippen LogP contribution in [0.15, 0.2) is 42.5 Å². The van der Waals surface area contributed by atoms with Gasteiger partial charge in [-0.1, -0.05) is 50.3 Å². The predicted molar refractivity (Wildman–Crippen MR) is 116 cm³/mol. The fourth-order valence-electron chi connectivity index (χ4n) is 3.81. The Balaban J connectivity index is 1.97. The number of carboxylic acid groups (broad SMARTS) is 1. The Morgan fingerprint density at radius 1 is 0.967 bits per heavy atom. The lowest BCUT2D eigenvalue weighted by Crippen LogP contribution is -2.45. The SMILES string of the molecule is CC(C)OC(=O)C1(O)CCC(C)(C)c2ccc(/C=C/c3ccc(C(=O)O)cc3)cc21. The number of carbonyl (C=O) groups is 2. The number of hydrogen-bond donors (Lipinski definition) is 2. The number of hydrogen-bond acceptors (Lipinski definition) is 4. The summed E-state index contributed by atoms with van der Waals surface area (Å²) in [6.45, 7) is 7.75. The summed E-state index contributed by atoms with van der Waals surface area (Å²) in [6, 6.07) is 12.4. The van der Waals surface area contributed by atoms with Crippen molar-refractivity contribution in [2.75, 3.05) is 0 Å². The van der Waals surface area contributed by atoms with Crippen LogP contribution in [-0.2, 0) is 20.5 Å². The largest absolute Gasteiger partial charge is 0.478 e. The molecule has 0 aliphatic heterocycles. The van der Waals surface area contributed by atoms with Gasteiger partial charge in [-0.15, -0.1) is 0 Å². The maximum Gasteiger partial charge on any atom is 0.343 e. The van der Waals surface area contributed by atoms with E-state index >= 15 is 0 Å². The second-order valence-corrected chi connectivity index (χ2v) is 8.76. The molecule has 2 aromatic carbocycles. The number of esters is 1. The van der Waals surface area contributed by atoms with E-state index in [0.717, 1.165) is 16.7 Å². The van der Waals surface area contributed by atoms with E-state index in [1.807, 2.05) is 30.4 Å². The normalized spacial score (nSPS) is 20.2. The summed E-state index contributed by atoms with van der Waals surface area (Å²) in [5.41, 5.74) is 1.64. The first-order valence-corrected chi connectivity index (χ1v) is 10.1. The number of fused-ring (bicyclic) bond motifs is 1. The molecule has 1 unspecified atom stereocenters. The molecule has 2 aromatic rings. The standard InChI is InChI=1S/C25H28O5/c1-16(2)30-23(28)25(29)14-13-24(3,4)20-12-9-18(15-21(20)25)6-5-17-7-10-19(11-8-17)22(26)27/h5-12,15-16,29H,13-14H2,1-4H3,(H,26,27)/b6-5+. The Kier molecular flexibility index (Phi) is 5.86. The Morgan fingerprint density at radius 2 is 1.57 bits per heavy atom. The van der Waals surface area contributed by atoms with Crippen LogP contribution < -0.4 is 0 Å². The molecule has 3 rings (SSSR count). The quantitative estimate of drug-likeness (QED) is 0.550. The third-order valence-electron chi connectivity index (χ3n) is 5.64. The van der Waals surface area contributed by atoms with Crippen molar-refractivity contribution in [2.24, 2.45) is 0 Å². The molecule has 2 N–H and O–H groups in total. The minimum absolute atomic E-state index is 0.158. The minimum Gasteiger partial charge on any atom is -0.478 e. The monoisotopic (exact) mass is 408 g/mol. The molecule has 0 spiro atoms. The van der Waals surface area contributed by atoms with Crippen molar-refractivity contribution in [3.8, 4) is 0 Å². The average molecular weight is 408 g/mol. The van der Waals surface area contributed by atoms with Crippen LogP contribution >= 0.6 is 0 Å². The number of aromatic carboxylic acids is 1. The van der Waals surface area contributed by atoms with Crippen LogP contribution in [0.4, 0.5) is 0 Å². The Morgan fingerprint density at radius 3 is 2.17 bits per heavy atom. The first-order chi connectivity index (χ1) is 14.0. The molecule has 1 aliphatic rings. The van der Waals surface area contributed by atoms with E-state index < -0.39 is 17.5 Å². The molecule has 0 heterocycles. The molecule has 158 valence electrons. The zero-order chi connectivity index (χ0) is 22.1. The van der Waals surface area contributed by atoms with Crippen LogP contribution in [0.25, 0.3) is 12.2 Å². The van der Waals surface area contributed by atoms with E-state index in [2.05, 4.69) is 13.8 Å². The Hall–Kier alpha value is -2.92. The van der Waals surface area contributed by atoms with Crippen molar-refractivity contribution in [2.45, 2.75) is 57.7 Å². The fraction of sp³-hybridized carbons (Fsp3) is 0.360. The summed E-state index contributed by atoms with van der Waals surface area (Å²) < 4.78 is 5.36. The summed E-state index contributed by atoms with van der Waals surface area (Å²) in [5, 5.41) is 20.3. The van der Waals surface area contributed by atoms with Crippen LogP contribution in [0, 0.1) is 0 Å². The van der Waals surface area contributed by atoms with Gasteiger partial charge in [0.05, 0.1) is 11.7 Å². The molecule has 1 atom stereocenters. The number of benzene rings is 2. The zero-order valence-electron chi connectivity index (χ0n) is 17.8. The van der Waals surface area contributed by atoms with Gasteiger partial charge in [0.2, 0.25) is 0 Å². The second kappa shape index (κ2) is 8.07. The van der Waals surface area contributed by atoms with E-state index in [9.17, 15) is 14.7 Å². The van der Waals surface area contributed by atoms with Crippen LogP contribution in [0.1, 0.15) is 73.1 Å². The number of carbonyl (C=O) groups excluding carboxylic acids is 1. The molecule has 0 saturated heterocycles. The molecule has 1 aliphatic carbocycles. The van der Waals surface area contributed by atoms with Gasteiger partial charge in [0.25, 0.3) is 0 Å². The smallest absolute Gasteiger partial charge is 0.343 e. The fourth-order valence-corrected chi connectivity index (χ4v) is 3.81. The average Bonchev–Trinajstić information content (AvgIpc) is 2.69. The molecule has 5 heteroatoms. The second-order valence-electron chi connectivity index (χ2n) is 8.76. The van der Waals surface area contributed by atoms with Gasteiger partial charge in [-0.2, -0.15) is 0 Å². The van der Waals surface area contributed by atoms with Gasteiger partial charge in [-0.25, -0.2) is 9.59 Å². The summed E-state index contributed by atoms with van der Waals surface area (Å²) in [6.07, 6.45) is 4.42. The summed E-state index contributed by atoms with van der Waals surface area (Å²) >= 11 is 0. The Bertz CT molecular complexity index is 985. The lowest BCUT2D eigenvalue weighted by atomic mass is 9.66. The van der Waals surface area contributed by atoms with E-state index in [1.54, 1.807) is 38.1 Å². The van der Waals surface area contributed by atoms with E-state index in [1.165, 1.54) is 0 Å². The molecule has 0 bridgehead atoms. The molecule has 0 saturated carbocycles. The van der Waals surface area contributed by atoms with Gasteiger partial charge in [-0.05, 0) is 72.6 Å². The van der Waals surface area contributed by atoms with Crippen LogP contribution in [0.5, 0.6) is 0 Å². The number of aliphatic hydroxyl groups is 1. The highest BCUT2D eigenvalue weighted by atomic mass is 16.6. The highest BCUT2D eigenvalue weighted by Crippen LogP contribution is 2.46. The van der Waals surface area contributed by atoms with Gasteiger partial charge in [0, 0.05) is 0 Å².